The second-order valence-electron chi connectivity index (χ2n) is 4.92. The Labute approximate surface area is 115 Å². The first-order valence-corrected chi connectivity index (χ1v) is 7.40. The summed E-state index contributed by atoms with van der Waals surface area (Å²) in [5, 5.41) is 13.6. The normalized spacial score (nSPS) is 22.0. The van der Waals surface area contributed by atoms with Crippen LogP contribution in [0.2, 0.25) is 0 Å². The molecular weight excluding hydrogens is 261 g/mol. The fraction of sp³-hybridized carbons (Fsp3) is 0.429. The molecule has 0 amide bonds. The third-order valence-electron chi connectivity index (χ3n) is 3.56. The largest absolute Gasteiger partial charge is 0.357 e. The Balaban J connectivity index is 1.55. The van der Waals surface area contributed by atoms with Gasteiger partial charge in [-0.3, -0.25) is 0 Å². The summed E-state index contributed by atoms with van der Waals surface area (Å²) in [5.41, 5.74) is 1.10. The maximum atomic E-state index is 13.1. The Morgan fingerprint density at radius 1 is 1.37 bits per heavy atom. The van der Waals surface area contributed by atoms with Crippen molar-refractivity contribution < 1.29 is 4.39 Å². The highest BCUT2D eigenvalue weighted by Gasteiger charge is 2.31. The van der Waals surface area contributed by atoms with Gasteiger partial charge in [0.1, 0.15) is 10.8 Å². The first-order valence-electron chi connectivity index (χ1n) is 6.59. The third kappa shape index (κ3) is 2.76. The molecule has 5 heteroatoms. The first-order chi connectivity index (χ1) is 9.24. The van der Waals surface area contributed by atoms with Crippen molar-refractivity contribution in [3.05, 3.63) is 40.7 Å². The summed E-state index contributed by atoms with van der Waals surface area (Å²) in [6, 6.07) is 7.35. The predicted octanol–water partition coefficient (Wildman–Crippen LogP) is 3.60. The van der Waals surface area contributed by atoms with Crippen LogP contribution in [0.15, 0.2) is 24.3 Å². The van der Waals surface area contributed by atoms with Crippen LogP contribution in [0.3, 0.4) is 0 Å². The smallest absolute Gasteiger partial charge is 0.205 e. The lowest BCUT2D eigenvalue weighted by Gasteiger charge is -2.36. The van der Waals surface area contributed by atoms with E-state index in [2.05, 4.69) is 22.4 Å². The van der Waals surface area contributed by atoms with Gasteiger partial charge in [0.05, 0.1) is 0 Å². The number of hydrogen-bond acceptors (Lipinski definition) is 4. The fourth-order valence-electron chi connectivity index (χ4n) is 2.40. The lowest BCUT2D eigenvalue weighted by atomic mass is 9.76. The molecule has 1 aromatic carbocycles. The van der Waals surface area contributed by atoms with Gasteiger partial charge in [0.25, 0.3) is 0 Å². The van der Waals surface area contributed by atoms with Crippen molar-refractivity contribution in [1.82, 2.24) is 10.2 Å². The zero-order valence-electron chi connectivity index (χ0n) is 10.8. The number of nitrogens with one attached hydrogen (secondary N) is 1. The van der Waals surface area contributed by atoms with Crippen LogP contribution >= 0.6 is 11.3 Å². The number of benzene rings is 1. The quantitative estimate of drug-likeness (QED) is 0.928. The summed E-state index contributed by atoms with van der Waals surface area (Å²) in [6.07, 6.45) is 2.99. The number of rotatable bonds is 4. The van der Waals surface area contributed by atoms with Crippen LogP contribution in [0, 0.1) is 5.82 Å². The van der Waals surface area contributed by atoms with E-state index in [1.165, 1.54) is 6.07 Å². The molecule has 0 unspecified atom stereocenters. The van der Waals surface area contributed by atoms with E-state index in [0.717, 1.165) is 35.0 Å². The van der Waals surface area contributed by atoms with Crippen LogP contribution in [-0.4, -0.2) is 16.2 Å². The number of aryl methyl sites for hydroxylation is 1. The average Bonchev–Trinajstić information content (AvgIpc) is 2.81. The number of nitrogens with zero attached hydrogens (tertiary/aromatic N) is 2. The highest BCUT2D eigenvalue weighted by molar-refractivity contribution is 7.15. The molecule has 3 rings (SSSR count). The van der Waals surface area contributed by atoms with Gasteiger partial charge in [-0.25, -0.2) is 4.39 Å². The molecule has 1 saturated carbocycles. The molecule has 1 aliphatic carbocycles. The average molecular weight is 277 g/mol. The Hall–Kier alpha value is -1.49. The van der Waals surface area contributed by atoms with Gasteiger partial charge in [-0.15, -0.1) is 10.2 Å². The highest BCUT2D eigenvalue weighted by Crippen LogP contribution is 2.38. The Bertz CT molecular complexity index is 563. The van der Waals surface area contributed by atoms with Crippen molar-refractivity contribution in [1.29, 1.82) is 0 Å². The van der Waals surface area contributed by atoms with E-state index in [9.17, 15) is 4.39 Å². The summed E-state index contributed by atoms with van der Waals surface area (Å²) < 4.78 is 13.1. The van der Waals surface area contributed by atoms with Crippen LogP contribution < -0.4 is 5.32 Å². The Morgan fingerprint density at radius 2 is 2.21 bits per heavy atom. The maximum absolute atomic E-state index is 13.1. The van der Waals surface area contributed by atoms with E-state index in [1.807, 2.05) is 6.07 Å². The summed E-state index contributed by atoms with van der Waals surface area (Å²) >= 11 is 1.62. The number of anilines is 1. The van der Waals surface area contributed by atoms with E-state index in [4.69, 9.17) is 0 Å². The molecule has 0 bridgehead atoms. The van der Waals surface area contributed by atoms with Gasteiger partial charge >= 0.3 is 0 Å². The zero-order chi connectivity index (χ0) is 13.2. The Kier molecular flexibility index (Phi) is 3.46. The van der Waals surface area contributed by atoms with Crippen LogP contribution in [0.25, 0.3) is 0 Å². The second kappa shape index (κ2) is 5.25. The molecule has 1 aromatic heterocycles. The minimum Gasteiger partial charge on any atom is -0.357 e. The Morgan fingerprint density at radius 3 is 2.89 bits per heavy atom. The molecule has 19 heavy (non-hydrogen) atoms. The molecule has 2 aromatic rings. The van der Waals surface area contributed by atoms with Crippen molar-refractivity contribution in [3.63, 3.8) is 0 Å². The van der Waals surface area contributed by atoms with Crippen LogP contribution in [0.1, 0.15) is 36.3 Å². The van der Waals surface area contributed by atoms with Gasteiger partial charge in [0, 0.05) is 6.04 Å². The molecule has 1 N–H and O–H groups in total. The molecule has 3 nitrogen and oxygen atoms in total. The molecule has 1 heterocycles. The standard InChI is InChI=1S/C14H16FN3S/c1-2-13-17-18-14(19-13)16-12-7-10(8-12)9-4-3-5-11(15)6-9/h3-6,10,12H,2,7-8H2,1H3,(H,16,18). The zero-order valence-corrected chi connectivity index (χ0v) is 11.6. The van der Waals surface area contributed by atoms with Gasteiger partial charge in [-0.2, -0.15) is 0 Å². The molecule has 0 radical (unpaired) electrons. The molecule has 0 saturated heterocycles. The van der Waals surface area contributed by atoms with Crippen molar-refractivity contribution in [2.24, 2.45) is 0 Å². The van der Waals surface area contributed by atoms with E-state index in [-0.39, 0.29) is 5.82 Å². The van der Waals surface area contributed by atoms with Gasteiger partial charge in [0.2, 0.25) is 5.13 Å². The minimum atomic E-state index is -0.148. The number of aromatic nitrogens is 2. The SMILES string of the molecule is CCc1nnc(NC2CC(c3cccc(F)c3)C2)s1. The fourth-order valence-corrected chi connectivity index (χ4v) is 3.15. The second-order valence-corrected chi connectivity index (χ2v) is 5.98. The van der Waals surface area contributed by atoms with Crippen LogP contribution in [0.4, 0.5) is 9.52 Å². The van der Waals surface area contributed by atoms with E-state index in [1.54, 1.807) is 23.5 Å². The van der Waals surface area contributed by atoms with Gasteiger partial charge in [-0.1, -0.05) is 30.4 Å². The van der Waals surface area contributed by atoms with Crippen molar-refractivity contribution in [3.8, 4) is 0 Å². The van der Waals surface area contributed by atoms with Crippen molar-refractivity contribution in [2.45, 2.75) is 38.1 Å². The van der Waals surface area contributed by atoms with Crippen LogP contribution in [-0.2, 0) is 6.42 Å². The van der Waals surface area contributed by atoms with Crippen molar-refractivity contribution >= 4 is 16.5 Å². The molecule has 1 aliphatic rings. The molecule has 1 fully saturated rings. The highest BCUT2D eigenvalue weighted by atomic mass is 32.1. The van der Waals surface area contributed by atoms with E-state index >= 15 is 0 Å². The van der Waals surface area contributed by atoms with E-state index < -0.39 is 0 Å². The number of hydrogen-bond donors (Lipinski definition) is 1. The van der Waals surface area contributed by atoms with Gasteiger partial charge in [-0.05, 0) is 42.9 Å². The summed E-state index contributed by atoms with van der Waals surface area (Å²) in [7, 11) is 0. The van der Waals surface area contributed by atoms with Crippen LogP contribution in [0.5, 0.6) is 0 Å². The topological polar surface area (TPSA) is 37.8 Å². The summed E-state index contributed by atoms with van der Waals surface area (Å²) in [5.74, 6) is 0.317. The lowest BCUT2D eigenvalue weighted by Crippen LogP contribution is -2.34. The van der Waals surface area contributed by atoms with E-state index in [0.29, 0.717) is 12.0 Å². The third-order valence-corrected chi connectivity index (χ3v) is 4.55. The number of halogens is 1. The maximum Gasteiger partial charge on any atom is 0.205 e. The van der Waals surface area contributed by atoms with Gasteiger partial charge < -0.3 is 5.32 Å². The molecular formula is C14H16FN3S. The molecule has 0 spiro atoms. The first kappa shape index (κ1) is 12.5. The van der Waals surface area contributed by atoms with Gasteiger partial charge in [0.15, 0.2) is 0 Å². The summed E-state index contributed by atoms with van der Waals surface area (Å²) in [4.78, 5) is 0. The summed E-state index contributed by atoms with van der Waals surface area (Å²) in [6.45, 7) is 2.08. The lowest BCUT2D eigenvalue weighted by molar-refractivity contribution is 0.372. The minimum absolute atomic E-state index is 0.148. The molecule has 100 valence electrons. The molecule has 0 aliphatic heterocycles. The monoisotopic (exact) mass is 277 g/mol. The molecule has 0 atom stereocenters. The van der Waals surface area contributed by atoms with Crippen molar-refractivity contribution in [2.75, 3.05) is 5.32 Å². The predicted molar refractivity (Wildman–Crippen MR) is 75.1 cm³/mol.